The van der Waals surface area contributed by atoms with E-state index in [-0.39, 0.29) is 11.6 Å². The third-order valence-electron chi connectivity index (χ3n) is 6.96. The molecule has 2 aliphatic rings. The summed E-state index contributed by atoms with van der Waals surface area (Å²) in [6.45, 7) is 5.89. The van der Waals surface area contributed by atoms with Crippen molar-refractivity contribution in [2.45, 2.75) is 58.0 Å². The van der Waals surface area contributed by atoms with Gasteiger partial charge in [0.2, 0.25) is 5.95 Å². The number of fused-ring (bicyclic) bond motifs is 2. The largest absolute Gasteiger partial charge is 0.324 e. The van der Waals surface area contributed by atoms with E-state index in [1.54, 1.807) is 10.9 Å². The van der Waals surface area contributed by atoms with Crippen molar-refractivity contribution >= 4 is 22.7 Å². The molecule has 4 heterocycles. The van der Waals surface area contributed by atoms with Crippen molar-refractivity contribution in [3.63, 3.8) is 0 Å². The standard InChI is InChI=1S/C26H29N7O/c1-16(2)32-25(34)21-15-28-26(29-20-10-9-19-14-27-12-11-18(19)13-20)31-24(21)33(32)23-8-4-7-22(30-23)17-5-3-6-17/h4,7-10,13,15-17,27H,3,5-6,11-12,14H2,1-2H3,(H,28,29,31). The number of benzene rings is 1. The maximum absolute atomic E-state index is 13.3. The van der Waals surface area contributed by atoms with Crippen molar-refractivity contribution in [3.05, 3.63) is 69.8 Å². The van der Waals surface area contributed by atoms with Crippen molar-refractivity contribution in [1.82, 2.24) is 29.6 Å². The van der Waals surface area contributed by atoms with Crippen LogP contribution in [0.2, 0.25) is 0 Å². The minimum absolute atomic E-state index is 0.0541. The van der Waals surface area contributed by atoms with Crippen LogP contribution in [0.1, 0.15) is 61.9 Å². The van der Waals surface area contributed by atoms with E-state index in [0.29, 0.717) is 22.9 Å². The molecule has 0 atom stereocenters. The van der Waals surface area contributed by atoms with E-state index in [0.717, 1.165) is 36.7 Å². The molecule has 0 saturated heterocycles. The number of nitrogens with one attached hydrogen (secondary N) is 2. The predicted octanol–water partition coefficient (Wildman–Crippen LogP) is 4.21. The highest BCUT2D eigenvalue weighted by Crippen LogP contribution is 2.35. The van der Waals surface area contributed by atoms with Gasteiger partial charge in [-0.3, -0.25) is 4.79 Å². The van der Waals surface area contributed by atoms with Crippen molar-refractivity contribution < 1.29 is 0 Å². The van der Waals surface area contributed by atoms with Crippen LogP contribution < -0.4 is 16.2 Å². The molecule has 0 amide bonds. The van der Waals surface area contributed by atoms with Gasteiger partial charge >= 0.3 is 0 Å². The van der Waals surface area contributed by atoms with Gasteiger partial charge in [0.25, 0.3) is 5.56 Å². The van der Waals surface area contributed by atoms with Crippen LogP contribution in [0.15, 0.2) is 47.4 Å². The topological polar surface area (TPSA) is 89.7 Å². The highest BCUT2D eigenvalue weighted by atomic mass is 16.1. The first-order valence-corrected chi connectivity index (χ1v) is 12.2. The van der Waals surface area contributed by atoms with Gasteiger partial charge in [-0.05, 0) is 75.0 Å². The summed E-state index contributed by atoms with van der Waals surface area (Å²) in [5.41, 5.74) is 5.16. The average Bonchev–Trinajstić information content (AvgIpc) is 3.10. The van der Waals surface area contributed by atoms with E-state index < -0.39 is 0 Å². The highest BCUT2D eigenvalue weighted by Gasteiger charge is 2.24. The third kappa shape index (κ3) is 3.58. The minimum atomic E-state index is -0.103. The van der Waals surface area contributed by atoms with E-state index >= 15 is 0 Å². The monoisotopic (exact) mass is 455 g/mol. The number of aromatic nitrogens is 5. The molecular weight excluding hydrogens is 426 g/mol. The summed E-state index contributed by atoms with van der Waals surface area (Å²) in [6.07, 6.45) is 6.23. The second-order valence-corrected chi connectivity index (χ2v) is 9.57. The lowest BCUT2D eigenvalue weighted by Gasteiger charge is -2.25. The summed E-state index contributed by atoms with van der Waals surface area (Å²) in [4.78, 5) is 27.5. The Morgan fingerprint density at radius 3 is 2.79 bits per heavy atom. The Kier molecular flexibility index (Phi) is 5.17. The summed E-state index contributed by atoms with van der Waals surface area (Å²) in [7, 11) is 0. The van der Waals surface area contributed by atoms with Crippen molar-refractivity contribution in [2.24, 2.45) is 0 Å². The van der Waals surface area contributed by atoms with Gasteiger partial charge in [-0.25, -0.2) is 19.3 Å². The Morgan fingerprint density at radius 2 is 2.00 bits per heavy atom. The molecule has 1 fully saturated rings. The summed E-state index contributed by atoms with van der Waals surface area (Å²) >= 11 is 0. The second kappa shape index (κ2) is 8.36. The zero-order valence-corrected chi connectivity index (χ0v) is 19.6. The van der Waals surface area contributed by atoms with Gasteiger partial charge in [-0.1, -0.05) is 18.6 Å². The van der Waals surface area contributed by atoms with Crippen LogP contribution in [0.3, 0.4) is 0 Å². The van der Waals surface area contributed by atoms with Crippen LogP contribution in [0.25, 0.3) is 16.9 Å². The van der Waals surface area contributed by atoms with Gasteiger partial charge in [0.1, 0.15) is 5.39 Å². The highest BCUT2D eigenvalue weighted by molar-refractivity contribution is 5.77. The molecule has 6 rings (SSSR count). The van der Waals surface area contributed by atoms with Crippen LogP contribution in [-0.4, -0.2) is 30.9 Å². The average molecular weight is 456 g/mol. The minimum Gasteiger partial charge on any atom is -0.324 e. The third-order valence-corrected chi connectivity index (χ3v) is 6.96. The van der Waals surface area contributed by atoms with Gasteiger partial charge in [0.05, 0.1) is 0 Å². The Labute approximate surface area is 198 Å². The zero-order valence-electron chi connectivity index (χ0n) is 19.6. The molecular formula is C26H29N7O. The van der Waals surface area contributed by atoms with Crippen LogP contribution in [0, 0.1) is 0 Å². The molecule has 0 radical (unpaired) electrons. The molecule has 8 nitrogen and oxygen atoms in total. The number of anilines is 2. The van der Waals surface area contributed by atoms with Gasteiger partial charge in [-0.2, -0.15) is 4.98 Å². The van der Waals surface area contributed by atoms with Gasteiger partial charge < -0.3 is 10.6 Å². The fraction of sp³-hybridized carbons (Fsp3) is 0.385. The number of hydrogen-bond donors (Lipinski definition) is 2. The molecule has 0 unspecified atom stereocenters. The molecule has 3 aromatic heterocycles. The second-order valence-electron chi connectivity index (χ2n) is 9.57. The smallest absolute Gasteiger partial charge is 0.278 e. The lowest BCUT2D eigenvalue weighted by Crippen LogP contribution is -2.25. The first-order valence-electron chi connectivity index (χ1n) is 12.2. The summed E-state index contributed by atoms with van der Waals surface area (Å²) in [6, 6.07) is 12.4. The Bertz CT molecular complexity index is 1430. The van der Waals surface area contributed by atoms with E-state index in [2.05, 4.69) is 39.9 Å². The van der Waals surface area contributed by atoms with Crippen LogP contribution in [-0.2, 0) is 13.0 Å². The molecule has 2 N–H and O–H groups in total. The maximum atomic E-state index is 13.3. The SMILES string of the molecule is CC(C)n1c(=O)c2cnc(Nc3ccc4c(c3)CCNC4)nc2n1-c1cccc(C2CCC2)n1. The summed E-state index contributed by atoms with van der Waals surface area (Å²) in [5.74, 6) is 1.69. The molecule has 174 valence electrons. The zero-order chi connectivity index (χ0) is 23.2. The summed E-state index contributed by atoms with van der Waals surface area (Å²) in [5, 5.41) is 7.24. The first kappa shape index (κ1) is 21.0. The molecule has 1 aromatic carbocycles. The molecule has 4 aromatic rings. The van der Waals surface area contributed by atoms with Crippen LogP contribution >= 0.6 is 0 Å². The van der Waals surface area contributed by atoms with E-state index in [1.807, 2.05) is 30.7 Å². The normalized spacial score (nSPS) is 16.0. The molecule has 1 aliphatic heterocycles. The number of pyridine rings is 1. The number of hydrogen-bond acceptors (Lipinski definition) is 6. The molecule has 34 heavy (non-hydrogen) atoms. The van der Waals surface area contributed by atoms with Gasteiger partial charge in [-0.15, -0.1) is 0 Å². The maximum Gasteiger partial charge on any atom is 0.278 e. The van der Waals surface area contributed by atoms with Gasteiger partial charge in [0, 0.05) is 36.1 Å². The molecule has 0 spiro atoms. The van der Waals surface area contributed by atoms with Crippen molar-refractivity contribution in [1.29, 1.82) is 0 Å². The molecule has 1 saturated carbocycles. The predicted molar refractivity (Wildman–Crippen MR) is 133 cm³/mol. The van der Waals surface area contributed by atoms with Crippen LogP contribution in [0.5, 0.6) is 0 Å². The summed E-state index contributed by atoms with van der Waals surface area (Å²) < 4.78 is 3.58. The number of nitrogens with zero attached hydrogens (tertiary/aromatic N) is 5. The van der Waals surface area contributed by atoms with E-state index in [1.165, 1.54) is 30.4 Å². The van der Waals surface area contributed by atoms with Crippen molar-refractivity contribution in [3.8, 4) is 5.82 Å². The Morgan fingerprint density at radius 1 is 1.12 bits per heavy atom. The molecule has 8 heteroatoms. The van der Waals surface area contributed by atoms with E-state index in [9.17, 15) is 4.79 Å². The Hall–Kier alpha value is -3.52. The van der Waals surface area contributed by atoms with E-state index in [4.69, 9.17) is 9.97 Å². The van der Waals surface area contributed by atoms with Gasteiger partial charge in [0.15, 0.2) is 11.5 Å². The number of rotatable bonds is 5. The Balaban J connectivity index is 1.44. The lowest BCUT2D eigenvalue weighted by atomic mass is 9.83. The molecule has 1 aliphatic carbocycles. The molecule has 0 bridgehead atoms. The quantitative estimate of drug-likeness (QED) is 0.468. The van der Waals surface area contributed by atoms with Crippen molar-refractivity contribution in [2.75, 3.05) is 11.9 Å². The fourth-order valence-electron chi connectivity index (χ4n) is 4.92. The fourth-order valence-corrected chi connectivity index (χ4v) is 4.92. The van der Waals surface area contributed by atoms with Crippen LogP contribution in [0.4, 0.5) is 11.6 Å². The first-order chi connectivity index (χ1) is 16.6. The lowest BCUT2D eigenvalue weighted by molar-refractivity contribution is 0.409.